The highest BCUT2D eigenvalue weighted by atomic mass is 28.3. The van der Waals surface area contributed by atoms with Crippen molar-refractivity contribution in [2.75, 3.05) is 14.2 Å². The highest BCUT2D eigenvalue weighted by Gasteiger charge is 2.44. The molecule has 1 fully saturated rings. The van der Waals surface area contributed by atoms with E-state index in [0.717, 1.165) is 5.92 Å². The van der Waals surface area contributed by atoms with Gasteiger partial charge in [-0.15, -0.1) is 0 Å². The first-order valence-corrected chi connectivity index (χ1v) is 7.22. The predicted molar refractivity (Wildman–Crippen MR) is 61.8 cm³/mol. The van der Waals surface area contributed by atoms with Crippen molar-refractivity contribution in [3.63, 3.8) is 0 Å². The summed E-state index contributed by atoms with van der Waals surface area (Å²) in [5.74, 6) is 0.758. The van der Waals surface area contributed by atoms with E-state index in [1.807, 2.05) is 14.2 Å². The van der Waals surface area contributed by atoms with E-state index < -0.39 is 9.28 Å². The molecule has 0 heterocycles. The maximum atomic E-state index is 5.60. The molecule has 0 saturated heterocycles. The van der Waals surface area contributed by atoms with Crippen LogP contribution in [0.3, 0.4) is 0 Å². The summed E-state index contributed by atoms with van der Waals surface area (Å²) in [6.07, 6.45) is 6.66. The molecular weight excluding hydrogens is 192 g/mol. The molecule has 0 atom stereocenters. The van der Waals surface area contributed by atoms with Gasteiger partial charge in [-0.3, -0.25) is 0 Å². The summed E-state index contributed by atoms with van der Waals surface area (Å²) in [5.41, 5.74) is 0. The molecule has 2 nitrogen and oxygen atoms in total. The average Bonchev–Trinajstić information content (AvgIpc) is 2.55. The topological polar surface area (TPSA) is 18.5 Å². The molecule has 0 unspecified atom stereocenters. The van der Waals surface area contributed by atoms with Crippen LogP contribution in [0.25, 0.3) is 0 Å². The van der Waals surface area contributed by atoms with Crippen LogP contribution in [-0.4, -0.2) is 23.5 Å². The molecule has 0 aliphatic heterocycles. The average molecular weight is 216 g/mol. The van der Waals surface area contributed by atoms with Gasteiger partial charge in [0.25, 0.3) is 0 Å². The van der Waals surface area contributed by atoms with E-state index in [-0.39, 0.29) is 0 Å². The molecular formula is C11H24O2Si. The standard InChI is InChI=1S/C11H24O2Si/c1-10(2)9-11(7-5-6-8-11)14(12-3)13-4/h10,14H,5-9H2,1-4H3. The zero-order valence-electron chi connectivity index (χ0n) is 10.0. The van der Waals surface area contributed by atoms with E-state index >= 15 is 0 Å². The zero-order chi connectivity index (χ0) is 10.6. The molecule has 0 amide bonds. The molecule has 1 aliphatic rings. The van der Waals surface area contributed by atoms with Crippen LogP contribution in [0, 0.1) is 5.92 Å². The highest BCUT2D eigenvalue weighted by Crippen LogP contribution is 2.52. The molecule has 0 radical (unpaired) electrons. The molecule has 3 heteroatoms. The molecule has 14 heavy (non-hydrogen) atoms. The van der Waals surface area contributed by atoms with Crippen molar-refractivity contribution in [1.82, 2.24) is 0 Å². The van der Waals surface area contributed by atoms with Gasteiger partial charge >= 0.3 is 9.28 Å². The van der Waals surface area contributed by atoms with Gasteiger partial charge in [-0.2, -0.15) is 0 Å². The van der Waals surface area contributed by atoms with Crippen LogP contribution in [-0.2, 0) is 8.85 Å². The first-order valence-electron chi connectivity index (χ1n) is 5.70. The second-order valence-corrected chi connectivity index (χ2v) is 7.80. The van der Waals surface area contributed by atoms with Crippen LogP contribution >= 0.6 is 0 Å². The van der Waals surface area contributed by atoms with Gasteiger partial charge in [-0.05, 0) is 25.2 Å². The third-order valence-electron chi connectivity index (χ3n) is 3.34. The Hall–Kier alpha value is 0.137. The van der Waals surface area contributed by atoms with Gasteiger partial charge in [0.05, 0.1) is 0 Å². The first-order chi connectivity index (χ1) is 6.64. The zero-order valence-corrected chi connectivity index (χ0v) is 11.2. The Bertz CT molecular complexity index is 161. The molecule has 0 aromatic rings. The number of rotatable bonds is 5. The van der Waals surface area contributed by atoms with Gasteiger partial charge in [0.2, 0.25) is 0 Å². The van der Waals surface area contributed by atoms with Gasteiger partial charge in [-0.1, -0.05) is 26.7 Å². The van der Waals surface area contributed by atoms with Gasteiger partial charge < -0.3 is 8.85 Å². The first kappa shape index (κ1) is 12.2. The SMILES string of the molecule is CO[SiH](OC)C1(CC(C)C)CCCC1. The van der Waals surface area contributed by atoms with Crippen molar-refractivity contribution >= 4 is 9.28 Å². The minimum Gasteiger partial charge on any atom is -0.400 e. The quantitative estimate of drug-likeness (QED) is 0.658. The fraction of sp³-hybridized carbons (Fsp3) is 1.00. The van der Waals surface area contributed by atoms with E-state index in [4.69, 9.17) is 8.85 Å². The second kappa shape index (κ2) is 5.28. The summed E-state index contributed by atoms with van der Waals surface area (Å²) in [5, 5.41) is 0.428. The Morgan fingerprint density at radius 1 is 1.14 bits per heavy atom. The van der Waals surface area contributed by atoms with Crippen LogP contribution in [0.15, 0.2) is 0 Å². The van der Waals surface area contributed by atoms with Crippen molar-refractivity contribution in [2.24, 2.45) is 5.92 Å². The van der Waals surface area contributed by atoms with E-state index in [1.54, 1.807) is 0 Å². The molecule has 0 aromatic heterocycles. The lowest BCUT2D eigenvalue weighted by Gasteiger charge is -2.35. The lowest BCUT2D eigenvalue weighted by molar-refractivity contribution is 0.224. The van der Waals surface area contributed by atoms with Crippen molar-refractivity contribution in [3.8, 4) is 0 Å². The summed E-state index contributed by atoms with van der Waals surface area (Å²) < 4.78 is 11.2. The van der Waals surface area contributed by atoms with Crippen LogP contribution in [0.1, 0.15) is 46.0 Å². The summed E-state index contributed by atoms with van der Waals surface area (Å²) in [6, 6.07) is 0. The second-order valence-electron chi connectivity index (χ2n) is 4.97. The summed E-state index contributed by atoms with van der Waals surface area (Å²) in [4.78, 5) is 0. The van der Waals surface area contributed by atoms with Crippen molar-refractivity contribution in [3.05, 3.63) is 0 Å². The van der Waals surface area contributed by atoms with Crippen LogP contribution < -0.4 is 0 Å². The molecule has 0 bridgehead atoms. The van der Waals surface area contributed by atoms with E-state index in [2.05, 4.69) is 13.8 Å². The van der Waals surface area contributed by atoms with Crippen LogP contribution in [0.4, 0.5) is 0 Å². The Morgan fingerprint density at radius 2 is 1.64 bits per heavy atom. The van der Waals surface area contributed by atoms with Gasteiger partial charge in [0.1, 0.15) is 0 Å². The Balaban J connectivity index is 2.69. The molecule has 0 spiro atoms. The van der Waals surface area contributed by atoms with Crippen molar-refractivity contribution < 1.29 is 8.85 Å². The largest absolute Gasteiger partial charge is 0.400 e. The van der Waals surface area contributed by atoms with Crippen LogP contribution in [0.2, 0.25) is 5.04 Å². The molecule has 84 valence electrons. The molecule has 0 N–H and O–H groups in total. The number of hydrogen-bond donors (Lipinski definition) is 0. The minimum absolute atomic E-state index is 0.428. The van der Waals surface area contributed by atoms with Crippen LogP contribution in [0.5, 0.6) is 0 Å². The molecule has 1 saturated carbocycles. The highest BCUT2D eigenvalue weighted by molar-refractivity contribution is 6.48. The minimum atomic E-state index is -1.44. The third-order valence-corrected chi connectivity index (χ3v) is 6.01. The Labute approximate surface area is 89.8 Å². The Kier molecular flexibility index (Phi) is 4.61. The van der Waals surface area contributed by atoms with E-state index in [9.17, 15) is 0 Å². The lowest BCUT2D eigenvalue weighted by Crippen LogP contribution is -2.36. The molecule has 1 aliphatic carbocycles. The Morgan fingerprint density at radius 3 is 2.00 bits per heavy atom. The maximum absolute atomic E-state index is 5.60. The van der Waals surface area contributed by atoms with Gasteiger partial charge in [-0.25, -0.2) is 0 Å². The molecule has 1 rings (SSSR count). The summed E-state index contributed by atoms with van der Waals surface area (Å²) in [7, 11) is 2.20. The van der Waals surface area contributed by atoms with Crippen molar-refractivity contribution in [1.29, 1.82) is 0 Å². The fourth-order valence-corrected chi connectivity index (χ4v) is 5.76. The van der Waals surface area contributed by atoms with Gasteiger partial charge in [0, 0.05) is 19.3 Å². The summed E-state index contributed by atoms with van der Waals surface area (Å²) >= 11 is 0. The van der Waals surface area contributed by atoms with Crippen molar-refractivity contribution in [2.45, 2.75) is 51.0 Å². The third kappa shape index (κ3) is 2.58. The normalized spacial score (nSPS) is 21.0. The van der Waals surface area contributed by atoms with E-state index in [1.165, 1.54) is 32.1 Å². The monoisotopic (exact) mass is 216 g/mol. The van der Waals surface area contributed by atoms with E-state index in [0.29, 0.717) is 5.04 Å². The fourth-order valence-electron chi connectivity index (χ4n) is 3.02. The maximum Gasteiger partial charge on any atom is 0.327 e. The molecule has 0 aromatic carbocycles. The number of hydrogen-bond acceptors (Lipinski definition) is 2. The summed E-state index contributed by atoms with van der Waals surface area (Å²) in [6.45, 7) is 4.60. The lowest BCUT2D eigenvalue weighted by atomic mass is 9.94. The predicted octanol–water partition coefficient (Wildman–Crippen LogP) is 2.86. The smallest absolute Gasteiger partial charge is 0.327 e. The van der Waals surface area contributed by atoms with Gasteiger partial charge in [0.15, 0.2) is 0 Å².